The van der Waals surface area contributed by atoms with Gasteiger partial charge < -0.3 is 14.1 Å². The fourth-order valence-electron chi connectivity index (χ4n) is 2.92. The van der Waals surface area contributed by atoms with Crippen LogP contribution in [0.5, 0.6) is 0 Å². The second-order valence-corrected chi connectivity index (χ2v) is 7.01. The summed E-state index contributed by atoms with van der Waals surface area (Å²) < 4.78 is 11.3. The fourth-order valence-corrected chi connectivity index (χ4v) is 2.92. The number of hydrogen-bond donors (Lipinski definition) is 0. The van der Waals surface area contributed by atoms with Crippen molar-refractivity contribution in [2.24, 2.45) is 0 Å². The van der Waals surface area contributed by atoms with Gasteiger partial charge in [-0.2, -0.15) is 0 Å². The van der Waals surface area contributed by atoms with Crippen LogP contribution in [0.25, 0.3) is 0 Å². The molecule has 128 valence electrons. The molecule has 24 heavy (non-hydrogen) atoms. The molecule has 1 aromatic heterocycles. The molecule has 1 aliphatic rings. The highest BCUT2D eigenvalue weighted by Gasteiger charge is 2.36. The van der Waals surface area contributed by atoms with E-state index in [1.807, 2.05) is 39.0 Å². The van der Waals surface area contributed by atoms with Gasteiger partial charge in [0, 0.05) is 12.5 Å². The Morgan fingerprint density at radius 1 is 1.29 bits per heavy atom. The lowest BCUT2D eigenvalue weighted by atomic mass is 9.95. The number of hydrogen-bond acceptors (Lipinski definition) is 5. The van der Waals surface area contributed by atoms with Crippen LogP contribution in [0.1, 0.15) is 49.8 Å². The molecule has 1 aromatic carbocycles. The first-order valence-corrected chi connectivity index (χ1v) is 8.16. The molecule has 2 aromatic rings. The highest BCUT2D eigenvalue weighted by atomic mass is 16.5. The van der Waals surface area contributed by atoms with Crippen molar-refractivity contribution in [1.29, 1.82) is 0 Å². The molecular formula is C18H23N3O3. The van der Waals surface area contributed by atoms with E-state index in [9.17, 15) is 4.79 Å². The van der Waals surface area contributed by atoms with Crippen molar-refractivity contribution in [3.8, 4) is 0 Å². The third-order valence-corrected chi connectivity index (χ3v) is 4.15. The van der Waals surface area contributed by atoms with Gasteiger partial charge in [-0.25, -0.2) is 0 Å². The number of fused-ring (bicyclic) bond motifs is 1. The third-order valence-electron chi connectivity index (χ3n) is 4.15. The Labute approximate surface area is 141 Å². The SMILES string of the molecule is Cc1nnc(CN(C(=O)C2OCCc3ccccc32)C(C)(C)C)o1. The normalized spacial score (nSPS) is 17.4. The first-order valence-electron chi connectivity index (χ1n) is 8.16. The van der Waals surface area contributed by atoms with Crippen molar-refractivity contribution >= 4 is 5.91 Å². The predicted molar refractivity (Wildman–Crippen MR) is 88.2 cm³/mol. The van der Waals surface area contributed by atoms with Gasteiger partial charge in [0.1, 0.15) is 0 Å². The topological polar surface area (TPSA) is 68.5 Å². The number of carbonyl (C=O) groups is 1. The van der Waals surface area contributed by atoms with E-state index in [0.29, 0.717) is 18.4 Å². The van der Waals surface area contributed by atoms with Gasteiger partial charge in [-0.1, -0.05) is 24.3 Å². The quantitative estimate of drug-likeness (QED) is 0.866. The number of amides is 1. The molecule has 1 atom stereocenters. The number of rotatable bonds is 3. The summed E-state index contributed by atoms with van der Waals surface area (Å²) in [6.07, 6.45) is 0.247. The maximum Gasteiger partial charge on any atom is 0.257 e. The molecule has 0 saturated carbocycles. The van der Waals surface area contributed by atoms with Crippen molar-refractivity contribution in [3.05, 3.63) is 47.2 Å². The summed E-state index contributed by atoms with van der Waals surface area (Å²) in [7, 11) is 0. The number of aryl methyl sites for hydroxylation is 1. The van der Waals surface area contributed by atoms with Crippen LogP contribution in [-0.2, 0) is 22.5 Å². The van der Waals surface area contributed by atoms with Crippen LogP contribution < -0.4 is 0 Å². The Morgan fingerprint density at radius 3 is 2.71 bits per heavy atom. The van der Waals surface area contributed by atoms with E-state index in [1.54, 1.807) is 11.8 Å². The molecule has 0 N–H and O–H groups in total. The van der Waals surface area contributed by atoms with Crippen LogP contribution in [0, 0.1) is 6.92 Å². The second-order valence-electron chi connectivity index (χ2n) is 7.01. The number of aromatic nitrogens is 2. The van der Waals surface area contributed by atoms with E-state index in [4.69, 9.17) is 9.15 Å². The summed E-state index contributed by atoms with van der Waals surface area (Å²) in [6, 6.07) is 7.96. The predicted octanol–water partition coefficient (Wildman–Crippen LogP) is 2.82. The van der Waals surface area contributed by atoms with E-state index in [-0.39, 0.29) is 12.5 Å². The van der Waals surface area contributed by atoms with Gasteiger partial charge in [0.05, 0.1) is 13.2 Å². The number of carbonyl (C=O) groups excluding carboxylic acids is 1. The Hall–Kier alpha value is -2.21. The molecule has 6 nitrogen and oxygen atoms in total. The van der Waals surface area contributed by atoms with Crippen LogP contribution in [0.4, 0.5) is 0 Å². The van der Waals surface area contributed by atoms with Gasteiger partial charge in [0.2, 0.25) is 11.8 Å². The first kappa shape index (κ1) is 16.6. The average Bonchev–Trinajstić information content (AvgIpc) is 2.95. The summed E-state index contributed by atoms with van der Waals surface area (Å²) in [5.41, 5.74) is 1.73. The van der Waals surface area contributed by atoms with Crippen LogP contribution in [0.15, 0.2) is 28.7 Å². The van der Waals surface area contributed by atoms with Crippen molar-refractivity contribution in [3.63, 3.8) is 0 Å². The molecule has 3 rings (SSSR count). The highest BCUT2D eigenvalue weighted by Crippen LogP contribution is 2.31. The molecule has 1 unspecified atom stereocenters. The second kappa shape index (κ2) is 6.36. The Bertz CT molecular complexity index is 733. The maximum absolute atomic E-state index is 13.2. The third kappa shape index (κ3) is 3.33. The van der Waals surface area contributed by atoms with E-state index in [0.717, 1.165) is 12.0 Å². The van der Waals surface area contributed by atoms with Crippen LogP contribution in [-0.4, -0.2) is 33.2 Å². The van der Waals surface area contributed by atoms with Crippen molar-refractivity contribution in [1.82, 2.24) is 15.1 Å². The first-order chi connectivity index (χ1) is 11.4. The largest absolute Gasteiger partial charge is 0.424 e. The molecule has 2 heterocycles. The Morgan fingerprint density at radius 2 is 2.04 bits per heavy atom. The van der Waals surface area contributed by atoms with Crippen LogP contribution in [0.3, 0.4) is 0 Å². The summed E-state index contributed by atoms with van der Waals surface area (Å²) in [5, 5.41) is 7.86. The lowest BCUT2D eigenvalue weighted by Crippen LogP contribution is -2.48. The van der Waals surface area contributed by atoms with Gasteiger partial charge in [0.25, 0.3) is 5.91 Å². The summed E-state index contributed by atoms with van der Waals surface area (Å²) in [6.45, 7) is 8.52. The molecule has 0 spiro atoms. The van der Waals surface area contributed by atoms with Gasteiger partial charge in [-0.05, 0) is 38.3 Å². The van der Waals surface area contributed by atoms with Gasteiger partial charge >= 0.3 is 0 Å². The molecular weight excluding hydrogens is 306 g/mol. The van der Waals surface area contributed by atoms with Crippen molar-refractivity contribution in [2.75, 3.05) is 6.61 Å². The van der Waals surface area contributed by atoms with E-state index in [1.165, 1.54) is 5.56 Å². The molecule has 0 bridgehead atoms. The van der Waals surface area contributed by atoms with Gasteiger partial charge in [-0.15, -0.1) is 10.2 Å². The maximum atomic E-state index is 13.2. The van der Waals surface area contributed by atoms with E-state index < -0.39 is 11.6 Å². The molecule has 1 amide bonds. The average molecular weight is 329 g/mol. The number of nitrogens with zero attached hydrogens (tertiary/aromatic N) is 3. The lowest BCUT2D eigenvalue weighted by Gasteiger charge is -2.38. The molecule has 0 saturated heterocycles. The van der Waals surface area contributed by atoms with Crippen molar-refractivity contribution < 1.29 is 13.9 Å². The van der Waals surface area contributed by atoms with Crippen LogP contribution >= 0.6 is 0 Å². The molecule has 0 radical (unpaired) electrons. The van der Waals surface area contributed by atoms with Crippen LogP contribution in [0.2, 0.25) is 0 Å². The minimum absolute atomic E-state index is 0.0782. The summed E-state index contributed by atoms with van der Waals surface area (Å²) in [4.78, 5) is 15.0. The molecule has 0 fully saturated rings. The summed E-state index contributed by atoms with van der Waals surface area (Å²) in [5.74, 6) is 0.843. The molecule has 6 heteroatoms. The molecule has 0 aliphatic carbocycles. The smallest absolute Gasteiger partial charge is 0.257 e. The zero-order valence-electron chi connectivity index (χ0n) is 14.6. The highest BCUT2D eigenvalue weighted by molar-refractivity contribution is 5.83. The number of ether oxygens (including phenoxy) is 1. The Kier molecular flexibility index (Phi) is 4.41. The van der Waals surface area contributed by atoms with Gasteiger partial charge in [-0.3, -0.25) is 4.79 Å². The summed E-state index contributed by atoms with van der Waals surface area (Å²) >= 11 is 0. The van der Waals surface area contributed by atoms with E-state index >= 15 is 0 Å². The van der Waals surface area contributed by atoms with Crippen molar-refractivity contribution in [2.45, 2.75) is 52.3 Å². The zero-order chi connectivity index (χ0) is 17.3. The number of benzene rings is 1. The Balaban J connectivity index is 1.90. The monoisotopic (exact) mass is 329 g/mol. The van der Waals surface area contributed by atoms with Gasteiger partial charge in [0.15, 0.2) is 6.10 Å². The standard InChI is InChI=1S/C18H23N3O3/c1-12-19-20-15(24-12)11-21(18(2,3)4)17(22)16-14-8-6-5-7-13(14)9-10-23-16/h5-8,16H,9-11H2,1-4H3. The fraction of sp³-hybridized carbons (Fsp3) is 0.500. The van der Waals surface area contributed by atoms with E-state index in [2.05, 4.69) is 16.3 Å². The molecule has 1 aliphatic heterocycles. The minimum atomic E-state index is -0.585. The lowest BCUT2D eigenvalue weighted by molar-refractivity contribution is -0.151. The zero-order valence-corrected chi connectivity index (χ0v) is 14.6. The minimum Gasteiger partial charge on any atom is -0.424 e.